The first-order valence-corrected chi connectivity index (χ1v) is 6.40. The first-order valence-electron chi connectivity index (χ1n) is 4.78. The third kappa shape index (κ3) is 8.35. The predicted octanol–water partition coefficient (Wildman–Crippen LogP) is 2.50. The second-order valence-electron chi connectivity index (χ2n) is 3.55. The van der Waals surface area contributed by atoms with E-state index >= 15 is 0 Å². The molecule has 0 spiro atoms. The highest BCUT2D eigenvalue weighted by Crippen LogP contribution is 2.15. The lowest BCUT2D eigenvalue weighted by Gasteiger charge is -2.20. The Balaban J connectivity index is 3.21. The fourth-order valence-corrected chi connectivity index (χ4v) is 1.30. The highest BCUT2D eigenvalue weighted by atomic mass is 31.1. The highest BCUT2D eigenvalue weighted by Gasteiger charge is 2.06. The molecule has 1 atom stereocenters. The molecule has 0 heterocycles. The Hall–Kier alpha value is 0.0200. The third-order valence-electron chi connectivity index (χ3n) is 2.06. The molecule has 0 N–H and O–H groups in total. The Morgan fingerprint density at radius 1 is 1.38 bits per heavy atom. The van der Waals surface area contributed by atoms with Gasteiger partial charge in [0.05, 0.1) is 0 Å². The number of rotatable bonds is 7. The van der Waals surface area contributed by atoms with Crippen LogP contribution in [0.3, 0.4) is 0 Å². The summed E-state index contributed by atoms with van der Waals surface area (Å²) in [7, 11) is 0.708. The van der Waals surface area contributed by atoms with Crippen molar-refractivity contribution in [3.05, 3.63) is 0 Å². The number of nitrogens with zero attached hydrogens (tertiary/aromatic N) is 1. The van der Waals surface area contributed by atoms with Gasteiger partial charge in [-0.25, -0.2) is 0 Å². The van der Waals surface area contributed by atoms with Crippen molar-refractivity contribution in [1.82, 2.24) is 4.90 Å². The van der Waals surface area contributed by atoms with E-state index in [2.05, 4.69) is 25.8 Å². The monoisotopic (exact) mass is 206 g/mol. The molecular formula is C9H21NO2P+. The van der Waals surface area contributed by atoms with Gasteiger partial charge in [-0.2, -0.15) is 0 Å². The van der Waals surface area contributed by atoms with Crippen LogP contribution in [-0.4, -0.2) is 37.8 Å². The maximum Gasteiger partial charge on any atom is 0.504 e. The summed E-state index contributed by atoms with van der Waals surface area (Å²) >= 11 is 0. The second-order valence-corrected chi connectivity index (χ2v) is 4.69. The van der Waals surface area contributed by atoms with E-state index < -0.39 is 8.03 Å². The van der Waals surface area contributed by atoms with Gasteiger partial charge in [0.15, 0.2) is 6.66 Å². The minimum absolute atomic E-state index is 0.601. The van der Waals surface area contributed by atoms with E-state index in [0.717, 1.165) is 19.4 Å². The largest absolute Gasteiger partial charge is 0.504 e. The van der Waals surface area contributed by atoms with Crippen molar-refractivity contribution in [2.75, 3.05) is 26.9 Å². The zero-order valence-electron chi connectivity index (χ0n) is 9.12. The molecule has 78 valence electrons. The van der Waals surface area contributed by atoms with Gasteiger partial charge in [0.2, 0.25) is 0 Å². The molecule has 0 aliphatic rings. The molecule has 0 saturated heterocycles. The fourth-order valence-electron chi connectivity index (χ4n) is 0.915. The molecule has 0 fully saturated rings. The van der Waals surface area contributed by atoms with E-state index in [9.17, 15) is 4.57 Å². The summed E-state index contributed by atoms with van der Waals surface area (Å²) in [5.74, 6) is 0. The molecule has 0 radical (unpaired) electrons. The Labute approximate surface area is 82.3 Å². The van der Waals surface area contributed by atoms with Crippen molar-refractivity contribution >= 4 is 8.03 Å². The Bertz CT molecular complexity index is 151. The number of hydrogen-bond acceptors (Lipinski definition) is 3. The molecule has 0 aliphatic carbocycles. The molecule has 0 aromatic heterocycles. The summed E-state index contributed by atoms with van der Waals surface area (Å²) in [6, 6.07) is 0.601. The van der Waals surface area contributed by atoms with Crippen LogP contribution in [-0.2, 0) is 9.09 Å². The quantitative estimate of drug-likeness (QED) is 0.473. The summed E-state index contributed by atoms with van der Waals surface area (Å²) in [6.45, 7) is 7.66. The molecule has 0 aliphatic heterocycles. The lowest BCUT2D eigenvalue weighted by atomic mass is 10.2. The Kier molecular flexibility index (Phi) is 7.44. The molecule has 3 nitrogen and oxygen atoms in total. The first-order chi connectivity index (χ1) is 6.04. The number of unbranched alkanes of at least 4 members (excludes halogenated alkanes) is 1. The van der Waals surface area contributed by atoms with Gasteiger partial charge >= 0.3 is 8.03 Å². The van der Waals surface area contributed by atoms with Crippen LogP contribution in [0.2, 0.25) is 0 Å². The average Bonchev–Trinajstić information content (AvgIpc) is 2.02. The smallest absolute Gasteiger partial charge is 0.304 e. The lowest BCUT2D eigenvalue weighted by Crippen LogP contribution is -2.27. The van der Waals surface area contributed by atoms with Gasteiger partial charge in [0, 0.05) is 6.04 Å². The van der Waals surface area contributed by atoms with Crippen LogP contribution in [0.5, 0.6) is 0 Å². The maximum atomic E-state index is 10.6. The van der Waals surface area contributed by atoms with Crippen LogP contribution in [0.25, 0.3) is 0 Å². The van der Waals surface area contributed by atoms with Gasteiger partial charge in [-0.05, 0) is 44.8 Å². The van der Waals surface area contributed by atoms with Crippen molar-refractivity contribution in [3.63, 3.8) is 0 Å². The van der Waals surface area contributed by atoms with Gasteiger partial charge in [0.1, 0.15) is 6.61 Å². The maximum absolute atomic E-state index is 10.6. The molecule has 0 bridgehead atoms. The molecule has 1 unspecified atom stereocenters. The van der Waals surface area contributed by atoms with E-state index in [-0.39, 0.29) is 0 Å². The summed E-state index contributed by atoms with van der Waals surface area (Å²) in [4.78, 5) is 2.30. The second kappa shape index (κ2) is 7.43. The van der Waals surface area contributed by atoms with Crippen LogP contribution in [0.1, 0.15) is 26.7 Å². The van der Waals surface area contributed by atoms with Crippen molar-refractivity contribution in [2.24, 2.45) is 0 Å². The molecule has 0 aromatic carbocycles. The topological polar surface area (TPSA) is 29.5 Å². The molecule has 0 rings (SSSR count). The van der Waals surface area contributed by atoms with Gasteiger partial charge in [-0.1, -0.05) is 0 Å². The number of hydrogen-bond donors (Lipinski definition) is 0. The SMILES string of the molecule is CC(C)N(C)CCCCO[P+](C)=O. The van der Waals surface area contributed by atoms with E-state index in [1.165, 1.54) is 0 Å². The molecule has 4 heteroatoms. The van der Waals surface area contributed by atoms with Crippen LogP contribution in [0, 0.1) is 0 Å². The van der Waals surface area contributed by atoms with E-state index in [0.29, 0.717) is 12.6 Å². The van der Waals surface area contributed by atoms with Gasteiger partial charge in [0.25, 0.3) is 0 Å². The van der Waals surface area contributed by atoms with Crippen LogP contribution in [0.4, 0.5) is 0 Å². The standard InChI is InChI=1S/C9H21NO2P/c1-9(2)10(3)7-5-6-8-12-13(4)11/h9H,5-8H2,1-4H3/q+1. The molecule has 0 saturated carbocycles. The van der Waals surface area contributed by atoms with Crippen LogP contribution in [0.15, 0.2) is 0 Å². The summed E-state index contributed by atoms with van der Waals surface area (Å²) in [5, 5.41) is 0. The third-order valence-corrected chi connectivity index (χ3v) is 2.61. The van der Waals surface area contributed by atoms with Crippen molar-refractivity contribution in [3.8, 4) is 0 Å². The van der Waals surface area contributed by atoms with Crippen molar-refractivity contribution in [2.45, 2.75) is 32.7 Å². The summed E-state index contributed by atoms with van der Waals surface area (Å²) in [6.07, 6.45) is 2.10. The lowest BCUT2D eigenvalue weighted by molar-refractivity contribution is 0.253. The van der Waals surface area contributed by atoms with Crippen LogP contribution >= 0.6 is 8.03 Å². The zero-order chi connectivity index (χ0) is 10.3. The van der Waals surface area contributed by atoms with E-state index in [1.54, 1.807) is 6.66 Å². The van der Waals surface area contributed by atoms with Gasteiger partial charge in [-0.3, -0.25) is 0 Å². The minimum Gasteiger partial charge on any atom is -0.304 e. The fraction of sp³-hybridized carbons (Fsp3) is 1.00. The first kappa shape index (κ1) is 13.0. The Morgan fingerprint density at radius 3 is 2.46 bits per heavy atom. The predicted molar refractivity (Wildman–Crippen MR) is 56.5 cm³/mol. The van der Waals surface area contributed by atoms with Crippen molar-refractivity contribution < 1.29 is 9.09 Å². The minimum atomic E-state index is -1.41. The Morgan fingerprint density at radius 2 is 2.00 bits per heavy atom. The molecule has 0 aromatic rings. The molecular weight excluding hydrogens is 185 g/mol. The van der Waals surface area contributed by atoms with E-state index in [1.807, 2.05) is 0 Å². The molecule has 13 heavy (non-hydrogen) atoms. The highest BCUT2D eigenvalue weighted by molar-refractivity contribution is 7.38. The van der Waals surface area contributed by atoms with Crippen molar-refractivity contribution in [1.29, 1.82) is 0 Å². The molecule has 0 amide bonds. The summed E-state index contributed by atoms with van der Waals surface area (Å²) in [5.41, 5.74) is 0. The summed E-state index contributed by atoms with van der Waals surface area (Å²) < 4.78 is 15.5. The van der Waals surface area contributed by atoms with Crippen LogP contribution < -0.4 is 0 Å². The van der Waals surface area contributed by atoms with Gasteiger partial charge < -0.3 is 4.90 Å². The average molecular weight is 206 g/mol. The van der Waals surface area contributed by atoms with E-state index in [4.69, 9.17) is 4.52 Å². The zero-order valence-corrected chi connectivity index (χ0v) is 10.0. The van der Waals surface area contributed by atoms with Gasteiger partial charge in [-0.15, -0.1) is 4.52 Å². The normalized spacial score (nSPS) is 12.6.